The van der Waals surface area contributed by atoms with Crippen LogP contribution in [0.15, 0.2) is 146 Å². The maximum atomic E-state index is 4.50. The van der Waals surface area contributed by atoms with Crippen LogP contribution in [0, 0.1) is 0 Å². The molecule has 0 atom stereocenters. The first-order chi connectivity index (χ1) is 19.5. The normalized spacial score (nSPS) is 10.4. The molecule has 0 N–H and O–H groups in total. The Morgan fingerprint density at radius 1 is 0.300 bits per heavy atom. The lowest BCUT2D eigenvalue weighted by molar-refractivity contribution is 1.56. The van der Waals surface area contributed by atoms with Crippen molar-refractivity contribution in [3.05, 3.63) is 166 Å². The molecule has 0 amide bonds. The fourth-order valence-corrected chi connectivity index (χ4v) is 5.01. The number of rotatable bonds is 3. The highest BCUT2D eigenvalue weighted by molar-refractivity contribution is 6.03. The Kier molecular flexibility index (Phi) is 7.99. The van der Waals surface area contributed by atoms with Crippen LogP contribution < -0.4 is 20.9 Å². The molecule has 5 aromatic carbocycles. The van der Waals surface area contributed by atoms with E-state index in [-0.39, 0.29) is 0 Å². The molecule has 0 heterocycles. The van der Waals surface area contributed by atoms with E-state index in [1.807, 2.05) is 54.6 Å². The van der Waals surface area contributed by atoms with Crippen molar-refractivity contribution in [3.8, 4) is 33.4 Å². The van der Waals surface area contributed by atoms with Gasteiger partial charge in [0.1, 0.15) is 0 Å². The summed E-state index contributed by atoms with van der Waals surface area (Å²) in [6.45, 7) is 17.5. The third-order valence-corrected chi connectivity index (χ3v) is 7.00. The molecule has 5 rings (SSSR count). The summed E-state index contributed by atoms with van der Waals surface area (Å²) in [5.74, 6) is 0. The molecular weight excluding hydrogens is 480 g/mol. The zero-order valence-electron chi connectivity index (χ0n) is 22.7. The van der Waals surface area contributed by atoms with Crippen LogP contribution in [0.5, 0.6) is 0 Å². The molecule has 0 saturated carbocycles. The van der Waals surface area contributed by atoms with E-state index in [1.54, 1.807) is 0 Å². The molecule has 5 aromatic rings. The molecule has 0 radical (unpaired) electrons. The van der Waals surface area contributed by atoms with E-state index in [0.29, 0.717) is 0 Å². The predicted molar refractivity (Wildman–Crippen MR) is 176 cm³/mol. The number of benzene rings is 3. The molecule has 0 bridgehead atoms. The van der Waals surface area contributed by atoms with Gasteiger partial charge in [-0.2, -0.15) is 0 Å². The molecule has 0 spiro atoms. The maximum absolute atomic E-state index is 4.50. The quantitative estimate of drug-likeness (QED) is 0.232. The van der Waals surface area contributed by atoms with Crippen molar-refractivity contribution in [2.75, 3.05) is 0 Å². The summed E-state index contributed by atoms with van der Waals surface area (Å²) in [5, 5.41) is 5.86. The topological polar surface area (TPSA) is 0 Å². The van der Waals surface area contributed by atoms with Crippen molar-refractivity contribution < 1.29 is 0 Å². The SMILES string of the molecule is C=c1ccccc(=C)c(-c2c(=C)ccccc(=C)c(-c3ccc(-c4ccccc4)cc3)c3ccccc23)ccc1. The maximum Gasteiger partial charge on any atom is -0.00328 e. The van der Waals surface area contributed by atoms with Crippen molar-refractivity contribution in [2.24, 2.45) is 0 Å². The van der Waals surface area contributed by atoms with Crippen molar-refractivity contribution in [2.45, 2.75) is 0 Å². The van der Waals surface area contributed by atoms with Gasteiger partial charge in [0.15, 0.2) is 0 Å². The first-order valence-electron chi connectivity index (χ1n) is 13.4. The Morgan fingerprint density at radius 2 is 0.750 bits per heavy atom. The average Bonchev–Trinajstić information content (AvgIpc) is 2.98. The molecule has 40 heavy (non-hydrogen) atoms. The largest absolute Gasteiger partial charge is 0.0918 e. The third-order valence-electron chi connectivity index (χ3n) is 7.00. The fourth-order valence-electron chi connectivity index (χ4n) is 5.01. The number of hydrogen-bond acceptors (Lipinski definition) is 0. The fraction of sp³-hybridized carbons (Fsp3) is 0. The highest BCUT2D eigenvalue weighted by atomic mass is 14.1. The Bertz CT molecular complexity index is 2000. The number of fused-ring (bicyclic) bond motifs is 1. The Balaban J connectivity index is 1.90. The summed E-state index contributed by atoms with van der Waals surface area (Å²) < 4.78 is 0. The Morgan fingerprint density at radius 3 is 1.43 bits per heavy atom. The number of hydrogen-bond donors (Lipinski definition) is 0. The van der Waals surface area contributed by atoms with E-state index in [2.05, 4.69) is 117 Å². The minimum absolute atomic E-state index is 0.904. The second kappa shape index (κ2) is 12.1. The molecule has 0 saturated heterocycles. The van der Waals surface area contributed by atoms with E-state index in [0.717, 1.165) is 53.9 Å². The average molecular weight is 513 g/mol. The minimum atomic E-state index is 0.904. The van der Waals surface area contributed by atoms with Gasteiger partial charge in [-0.1, -0.05) is 172 Å². The van der Waals surface area contributed by atoms with Gasteiger partial charge in [-0.3, -0.25) is 0 Å². The molecule has 0 aromatic heterocycles. The molecule has 0 aliphatic rings. The minimum Gasteiger partial charge on any atom is -0.0918 e. The second-order valence-corrected chi connectivity index (χ2v) is 9.77. The van der Waals surface area contributed by atoms with Gasteiger partial charge in [0, 0.05) is 0 Å². The van der Waals surface area contributed by atoms with Crippen LogP contribution >= 0.6 is 0 Å². The van der Waals surface area contributed by atoms with Crippen molar-refractivity contribution in [1.29, 1.82) is 0 Å². The van der Waals surface area contributed by atoms with Crippen LogP contribution in [0.4, 0.5) is 0 Å². The monoisotopic (exact) mass is 512 g/mol. The zero-order chi connectivity index (χ0) is 27.9. The lowest BCUT2D eigenvalue weighted by atomic mass is 9.92. The van der Waals surface area contributed by atoms with Crippen LogP contribution in [-0.2, 0) is 0 Å². The second-order valence-electron chi connectivity index (χ2n) is 9.77. The van der Waals surface area contributed by atoms with E-state index in [4.69, 9.17) is 0 Å². The lowest BCUT2D eigenvalue weighted by Gasteiger charge is -2.11. The molecule has 0 heteroatoms. The van der Waals surface area contributed by atoms with E-state index >= 15 is 0 Å². The van der Waals surface area contributed by atoms with Crippen LogP contribution in [0.3, 0.4) is 0 Å². The third kappa shape index (κ3) is 5.77. The molecule has 0 nitrogen and oxygen atoms in total. The Labute approximate surface area is 236 Å². The zero-order valence-corrected chi connectivity index (χ0v) is 22.7. The summed E-state index contributed by atoms with van der Waals surface area (Å²) in [6.07, 6.45) is 0. The van der Waals surface area contributed by atoms with Crippen LogP contribution in [0.1, 0.15) is 0 Å². The van der Waals surface area contributed by atoms with Gasteiger partial charge < -0.3 is 0 Å². The van der Waals surface area contributed by atoms with E-state index < -0.39 is 0 Å². The summed E-state index contributed by atoms with van der Waals surface area (Å²) >= 11 is 0. The van der Waals surface area contributed by atoms with Crippen molar-refractivity contribution in [3.63, 3.8) is 0 Å². The first-order valence-corrected chi connectivity index (χ1v) is 13.4. The van der Waals surface area contributed by atoms with Crippen LogP contribution in [0.2, 0.25) is 0 Å². The molecule has 0 unspecified atom stereocenters. The highest BCUT2D eigenvalue weighted by Gasteiger charge is 2.09. The van der Waals surface area contributed by atoms with Gasteiger partial charge in [-0.15, -0.1) is 0 Å². The van der Waals surface area contributed by atoms with Crippen LogP contribution in [-0.4, -0.2) is 0 Å². The Hall–Kier alpha value is -5.20. The predicted octanol–water partition coefficient (Wildman–Crippen LogP) is 7.73. The summed E-state index contributed by atoms with van der Waals surface area (Å²) in [7, 11) is 0. The first kappa shape index (κ1) is 26.4. The van der Waals surface area contributed by atoms with Gasteiger partial charge in [0.2, 0.25) is 0 Å². The van der Waals surface area contributed by atoms with Gasteiger partial charge in [0.05, 0.1) is 0 Å². The summed E-state index contributed by atoms with van der Waals surface area (Å²) in [4.78, 5) is 0. The van der Waals surface area contributed by atoms with Gasteiger partial charge in [-0.05, 0) is 65.0 Å². The van der Waals surface area contributed by atoms with Gasteiger partial charge >= 0.3 is 0 Å². The molecule has 192 valence electrons. The molecular formula is C40H32. The van der Waals surface area contributed by atoms with E-state index in [1.165, 1.54) is 11.1 Å². The van der Waals surface area contributed by atoms with Gasteiger partial charge in [-0.25, -0.2) is 0 Å². The van der Waals surface area contributed by atoms with E-state index in [9.17, 15) is 0 Å². The standard InChI is InChI=1S/C40H32/c1-29-15-8-9-17-30(2)36(24-14-16-29)40-32(4)19-11-10-18-31(3)39(37-22-12-13-23-38(37)40)35-27-25-34(26-28-35)33-20-6-5-7-21-33/h5-28H,1-4H2. The van der Waals surface area contributed by atoms with Crippen molar-refractivity contribution >= 4 is 37.1 Å². The molecule has 0 aliphatic carbocycles. The van der Waals surface area contributed by atoms with Gasteiger partial charge in [0.25, 0.3) is 0 Å². The van der Waals surface area contributed by atoms with Crippen molar-refractivity contribution in [1.82, 2.24) is 0 Å². The lowest BCUT2D eigenvalue weighted by Crippen LogP contribution is -2.09. The summed E-state index contributed by atoms with van der Waals surface area (Å²) in [5.41, 5.74) is 6.60. The molecule has 0 aliphatic heterocycles. The highest BCUT2D eigenvalue weighted by Crippen LogP contribution is 2.30. The van der Waals surface area contributed by atoms with Crippen LogP contribution in [0.25, 0.3) is 70.5 Å². The molecule has 0 fully saturated rings. The smallest absolute Gasteiger partial charge is 0.00328 e. The summed E-state index contributed by atoms with van der Waals surface area (Å²) in [6, 6.07) is 50.0.